The number of rotatable bonds is 7. The molecule has 0 radical (unpaired) electrons. The maximum absolute atomic E-state index is 12.6. The largest absolute Gasteiger partial charge is 0.493 e. The third kappa shape index (κ3) is 5.92. The van der Waals surface area contributed by atoms with Crippen molar-refractivity contribution in [3.8, 4) is 17.2 Å². The molecule has 1 aliphatic rings. The molecule has 168 valence electrons. The molecule has 2 aromatic rings. The van der Waals surface area contributed by atoms with Crippen LogP contribution in [0.1, 0.15) is 12.0 Å². The number of methoxy groups -OCH3 is 3. The maximum Gasteiger partial charge on any atom is 0.238 e. The molecule has 0 bridgehead atoms. The number of hydrogen-bond donors (Lipinski definition) is 2. The van der Waals surface area contributed by atoms with Gasteiger partial charge < -0.3 is 24.8 Å². The molecule has 1 aliphatic heterocycles. The van der Waals surface area contributed by atoms with Crippen molar-refractivity contribution in [2.75, 3.05) is 26.6 Å². The summed E-state index contributed by atoms with van der Waals surface area (Å²) in [7, 11) is 4.55. The molecule has 2 N–H and O–H groups in total. The molecule has 2 aromatic carbocycles. The van der Waals surface area contributed by atoms with Crippen molar-refractivity contribution in [1.29, 1.82) is 0 Å². The van der Waals surface area contributed by atoms with Gasteiger partial charge in [-0.3, -0.25) is 9.59 Å². The molecule has 1 heterocycles. The first-order chi connectivity index (χ1) is 15.4. The van der Waals surface area contributed by atoms with Crippen LogP contribution in [-0.4, -0.2) is 49.8 Å². The molecule has 0 spiro atoms. The van der Waals surface area contributed by atoms with Gasteiger partial charge in [0.1, 0.15) is 5.25 Å². The normalized spacial score (nSPS) is 17.2. The van der Waals surface area contributed by atoms with E-state index < -0.39 is 5.25 Å². The molecule has 2 amide bonds. The molecule has 1 saturated heterocycles. The minimum atomic E-state index is -0.655. The number of amides is 2. The number of benzene rings is 2. The number of hydrogen-bond acceptors (Lipinski definition) is 8. The number of halogens is 1. The Hall–Kier alpha value is -3.24. The third-order valence-electron chi connectivity index (χ3n) is 4.30. The Morgan fingerprint density at radius 1 is 1.19 bits per heavy atom. The van der Waals surface area contributed by atoms with Gasteiger partial charge in [0, 0.05) is 22.7 Å². The zero-order valence-electron chi connectivity index (χ0n) is 17.5. The number of thioether (sulfide) groups is 1. The second-order valence-electron chi connectivity index (χ2n) is 6.47. The Labute approximate surface area is 194 Å². The van der Waals surface area contributed by atoms with Crippen molar-refractivity contribution in [2.45, 2.75) is 11.7 Å². The molecular formula is C21H21ClN4O5S. The van der Waals surface area contributed by atoms with Crippen molar-refractivity contribution in [3.05, 3.63) is 47.0 Å². The smallest absolute Gasteiger partial charge is 0.238 e. The third-order valence-corrected chi connectivity index (χ3v) is 5.61. The van der Waals surface area contributed by atoms with Crippen molar-refractivity contribution >= 4 is 52.2 Å². The lowest BCUT2D eigenvalue weighted by atomic mass is 10.2. The van der Waals surface area contributed by atoms with E-state index in [4.69, 9.17) is 25.8 Å². The van der Waals surface area contributed by atoms with E-state index in [1.165, 1.54) is 27.5 Å². The lowest BCUT2D eigenvalue weighted by molar-refractivity contribution is -0.123. The Balaban J connectivity index is 1.72. The van der Waals surface area contributed by atoms with Crippen molar-refractivity contribution in [1.82, 2.24) is 5.32 Å². The summed E-state index contributed by atoms with van der Waals surface area (Å²) in [5, 5.41) is 13.5. The van der Waals surface area contributed by atoms with Crippen LogP contribution in [-0.2, 0) is 9.59 Å². The van der Waals surface area contributed by atoms with Gasteiger partial charge in [-0.05, 0) is 30.3 Å². The van der Waals surface area contributed by atoms with Crippen molar-refractivity contribution in [2.24, 2.45) is 10.2 Å². The van der Waals surface area contributed by atoms with Gasteiger partial charge in [0.05, 0.1) is 27.5 Å². The number of nitrogens with one attached hydrogen (secondary N) is 2. The highest BCUT2D eigenvalue weighted by molar-refractivity contribution is 8.15. The number of nitrogens with zero attached hydrogens (tertiary/aromatic N) is 2. The predicted molar refractivity (Wildman–Crippen MR) is 125 cm³/mol. The van der Waals surface area contributed by atoms with Crippen LogP contribution in [0.25, 0.3) is 0 Å². The molecule has 1 fully saturated rings. The first-order valence-electron chi connectivity index (χ1n) is 9.37. The van der Waals surface area contributed by atoms with Crippen LogP contribution in [0.5, 0.6) is 17.2 Å². The van der Waals surface area contributed by atoms with Crippen molar-refractivity contribution in [3.63, 3.8) is 0 Å². The monoisotopic (exact) mass is 476 g/mol. The maximum atomic E-state index is 12.6. The van der Waals surface area contributed by atoms with E-state index in [0.29, 0.717) is 33.5 Å². The van der Waals surface area contributed by atoms with E-state index >= 15 is 0 Å². The van der Waals surface area contributed by atoms with E-state index in [9.17, 15) is 9.59 Å². The molecule has 1 unspecified atom stereocenters. The summed E-state index contributed by atoms with van der Waals surface area (Å²) in [5.74, 6) is 0.755. The van der Waals surface area contributed by atoms with Crippen LogP contribution in [0.4, 0.5) is 5.69 Å². The van der Waals surface area contributed by atoms with Crippen LogP contribution in [0, 0.1) is 0 Å². The fourth-order valence-electron chi connectivity index (χ4n) is 2.85. The Bertz CT molecular complexity index is 1050. The number of anilines is 1. The summed E-state index contributed by atoms with van der Waals surface area (Å²) in [6, 6.07) is 10.2. The van der Waals surface area contributed by atoms with Crippen LogP contribution >= 0.6 is 23.4 Å². The molecule has 9 nitrogen and oxygen atoms in total. The average molecular weight is 477 g/mol. The molecule has 0 saturated carbocycles. The standard InChI is InChI=1S/C21H21ClN4O5S/c1-29-15-7-12(8-16(30-2)19(15)31-3)11-23-26-21-25-18(27)10-17(32-21)20(28)24-14-6-4-5-13(22)9-14/h4-9,11,17H,10H2,1-3H3,(H,24,28)(H,25,26,27). The van der Waals surface area contributed by atoms with E-state index in [-0.39, 0.29) is 23.4 Å². The quantitative estimate of drug-likeness (QED) is 0.468. The number of amidine groups is 1. The molecule has 0 aliphatic carbocycles. The van der Waals surface area contributed by atoms with Gasteiger partial charge in [-0.1, -0.05) is 29.4 Å². The topological polar surface area (TPSA) is 111 Å². The Morgan fingerprint density at radius 2 is 1.91 bits per heavy atom. The second kappa shape index (κ2) is 10.9. The zero-order valence-corrected chi connectivity index (χ0v) is 19.1. The van der Waals surface area contributed by atoms with Gasteiger partial charge in [-0.15, -0.1) is 5.10 Å². The number of carbonyl (C=O) groups excluding carboxylic acids is 2. The highest BCUT2D eigenvalue weighted by Gasteiger charge is 2.30. The fraction of sp³-hybridized carbons (Fsp3) is 0.238. The summed E-state index contributed by atoms with van der Waals surface area (Å²) in [5.41, 5.74) is 1.19. The lowest BCUT2D eigenvalue weighted by Gasteiger charge is -2.21. The van der Waals surface area contributed by atoms with Gasteiger partial charge in [-0.25, -0.2) is 0 Å². The van der Waals surface area contributed by atoms with Gasteiger partial charge >= 0.3 is 0 Å². The van der Waals surface area contributed by atoms with Gasteiger partial charge in [0.2, 0.25) is 17.6 Å². The zero-order chi connectivity index (χ0) is 23.1. The van der Waals surface area contributed by atoms with Crippen LogP contribution in [0.3, 0.4) is 0 Å². The van der Waals surface area contributed by atoms with Gasteiger partial charge in [-0.2, -0.15) is 5.10 Å². The lowest BCUT2D eigenvalue weighted by Crippen LogP contribution is -2.41. The highest BCUT2D eigenvalue weighted by Crippen LogP contribution is 2.37. The van der Waals surface area contributed by atoms with E-state index in [1.807, 2.05) is 0 Å². The number of carbonyl (C=O) groups is 2. The molecule has 3 rings (SSSR count). The van der Waals surface area contributed by atoms with Crippen LogP contribution in [0.15, 0.2) is 46.6 Å². The van der Waals surface area contributed by atoms with E-state index in [0.717, 1.165) is 11.8 Å². The summed E-state index contributed by atoms with van der Waals surface area (Å²) in [6.07, 6.45) is 1.49. The summed E-state index contributed by atoms with van der Waals surface area (Å²) >= 11 is 7.06. The summed E-state index contributed by atoms with van der Waals surface area (Å²) < 4.78 is 15.9. The Kier molecular flexibility index (Phi) is 7.96. The van der Waals surface area contributed by atoms with Crippen LogP contribution < -0.4 is 24.8 Å². The first-order valence-corrected chi connectivity index (χ1v) is 10.6. The highest BCUT2D eigenvalue weighted by atomic mass is 35.5. The summed E-state index contributed by atoms with van der Waals surface area (Å²) in [4.78, 5) is 24.6. The average Bonchev–Trinajstić information content (AvgIpc) is 2.78. The molecule has 0 aromatic heterocycles. The predicted octanol–water partition coefficient (Wildman–Crippen LogP) is 3.32. The SMILES string of the molecule is COc1cc(C=N/N=C2\NC(=O)CC(C(=O)Nc3cccc(Cl)c3)S2)cc(OC)c1OC. The summed E-state index contributed by atoms with van der Waals surface area (Å²) in [6.45, 7) is 0. The number of ether oxygens (including phenoxy) is 3. The second-order valence-corrected chi connectivity index (χ2v) is 8.09. The fourth-order valence-corrected chi connectivity index (χ4v) is 3.98. The minimum Gasteiger partial charge on any atom is -0.493 e. The van der Waals surface area contributed by atoms with Gasteiger partial charge in [0.25, 0.3) is 0 Å². The van der Waals surface area contributed by atoms with E-state index in [2.05, 4.69) is 20.8 Å². The molecule has 32 heavy (non-hydrogen) atoms. The van der Waals surface area contributed by atoms with Gasteiger partial charge in [0.15, 0.2) is 16.7 Å². The van der Waals surface area contributed by atoms with E-state index in [1.54, 1.807) is 36.4 Å². The minimum absolute atomic E-state index is 0.0205. The molecular weight excluding hydrogens is 456 g/mol. The first kappa shape index (κ1) is 23.4. The van der Waals surface area contributed by atoms with Crippen molar-refractivity contribution < 1.29 is 23.8 Å². The molecule has 1 atom stereocenters. The van der Waals surface area contributed by atoms with Crippen LogP contribution in [0.2, 0.25) is 5.02 Å². The molecule has 11 heteroatoms. The Morgan fingerprint density at radius 3 is 2.53 bits per heavy atom.